The Morgan fingerprint density at radius 2 is 1.96 bits per heavy atom. The quantitative estimate of drug-likeness (QED) is 0.707. The molecule has 26 heavy (non-hydrogen) atoms. The Morgan fingerprint density at radius 3 is 2.69 bits per heavy atom. The monoisotopic (exact) mass is 355 g/mol. The molecule has 1 saturated heterocycles. The number of nitrogens with one attached hydrogen (secondary N) is 2. The second kappa shape index (κ2) is 8.33. The van der Waals surface area contributed by atoms with Gasteiger partial charge in [-0.1, -0.05) is 30.3 Å². The van der Waals surface area contributed by atoms with Gasteiger partial charge in [0, 0.05) is 19.4 Å². The highest BCUT2D eigenvalue weighted by atomic mass is 16.3. The van der Waals surface area contributed by atoms with Crippen LogP contribution in [0.5, 0.6) is 0 Å². The number of amides is 4. The van der Waals surface area contributed by atoms with Gasteiger partial charge in [-0.15, -0.1) is 0 Å². The second-order valence-electron chi connectivity index (χ2n) is 6.13. The summed E-state index contributed by atoms with van der Waals surface area (Å²) in [5.74, 6) is 0.363. The Labute approximate surface area is 151 Å². The van der Waals surface area contributed by atoms with Crippen LogP contribution in [0.2, 0.25) is 0 Å². The van der Waals surface area contributed by atoms with Gasteiger partial charge in [-0.25, -0.2) is 4.79 Å². The number of carbonyl (C=O) groups is 3. The lowest BCUT2D eigenvalue weighted by atomic mass is 10.1. The molecule has 0 spiro atoms. The van der Waals surface area contributed by atoms with E-state index in [4.69, 9.17) is 4.42 Å². The van der Waals surface area contributed by atoms with Crippen molar-refractivity contribution in [3.8, 4) is 0 Å². The molecule has 7 nitrogen and oxygen atoms in total. The van der Waals surface area contributed by atoms with Crippen molar-refractivity contribution in [2.24, 2.45) is 0 Å². The van der Waals surface area contributed by atoms with E-state index >= 15 is 0 Å². The molecule has 2 aromatic rings. The van der Waals surface area contributed by atoms with Gasteiger partial charge in [0.05, 0.1) is 12.8 Å². The maximum absolute atomic E-state index is 12.4. The molecule has 0 bridgehead atoms. The zero-order chi connectivity index (χ0) is 18.4. The van der Waals surface area contributed by atoms with E-state index in [9.17, 15) is 14.4 Å². The topological polar surface area (TPSA) is 91.7 Å². The van der Waals surface area contributed by atoms with Crippen molar-refractivity contribution < 1.29 is 18.8 Å². The molecule has 1 aliphatic rings. The zero-order valence-corrected chi connectivity index (χ0v) is 14.3. The number of carbonyl (C=O) groups excluding carboxylic acids is 3. The first kappa shape index (κ1) is 17.7. The van der Waals surface area contributed by atoms with Crippen LogP contribution in [-0.4, -0.2) is 35.3 Å². The lowest BCUT2D eigenvalue weighted by molar-refractivity contribution is -0.128. The highest BCUT2D eigenvalue weighted by Crippen LogP contribution is 2.15. The van der Waals surface area contributed by atoms with Crippen LogP contribution in [0.25, 0.3) is 0 Å². The van der Waals surface area contributed by atoms with Gasteiger partial charge in [0.25, 0.3) is 5.91 Å². The molecule has 3 rings (SSSR count). The molecule has 1 unspecified atom stereocenters. The SMILES string of the molecule is O=C(CCC1NC(=O)N(Cc2ccccc2)C1=O)NCCc1ccco1. The van der Waals surface area contributed by atoms with Crippen LogP contribution in [0.4, 0.5) is 4.79 Å². The van der Waals surface area contributed by atoms with E-state index in [0.717, 1.165) is 11.3 Å². The van der Waals surface area contributed by atoms with Crippen LogP contribution in [0, 0.1) is 0 Å². The average molecular weight is 355 g/mol. The number of nitrogens with zero attached hydrogens (tertiary/aromatic N) is 1. The fourth-order valence-corrected chi connectivity index (χ4v) is 2.83. The van der Waals surface area contributed by atoms with E-state index in [0.29, 0.717) is 13.0 Å². The lowest BCUT2D eigenvalue weighted by Gasteiger charge is -2.13. The maximum atomic E-state index is 12.4. The van der Waals surface area contributed by atoms with Crippen molar-refractivity contribution >= 4 is 17.8 Å². The standard InChI is InChI=1S/C19H21N3O4/c23-17(20-11-10-15-7-4-12-26-15)9-8-16-18(24)22(19(25)21-16)13-14-5-2-1-3-6-14/h1-7,12,16H,8-11,13H2,(H,20,23)(H,21,25). The van der Waals surface area contributed by atoms with Crippen molar-refractivity contribution in [3.05, 3.63) is 60.1 Å². The number of furan rings is 1. The van der Waals surface area contributed by atoms with Gasteiger partial charge in [0.1, 0.15) is 11.8 Å². The van der Waals surface area contributed by atoms with Crippen LogP contribution < -0.4 is 10.6 Å². The van der Waals surface area contributed by atoms with E-state index in [2.05, 4.69) is 10.6 Å². The number of rotatable bonds is 8. The van der Waals surface area contributed by atoms with Gasteiger partial charge in [-0.05, 0) is 24.1 Å². The highest BCUT2D eigenvalue weighted by Gasteiger charge is 2.37. The molecule has 1 aromatic carbocycles. The summed E-state index contributed by atoms with van der Waals surface area (Å²) in [4.78, 5) is 37.5. The van der Waals surface area contributed by atoms with E-state index in [1.165, 1.54) is 4.90 Å². The minimum absolute atomic E-state index is 0.153. The van der Waals surface area contributed by atoms with Gasteiger partial charge in [0.15, 0.2) is 0 Å². The summed E-state index contributed by atoms with van der Waals surface area (Å²) in [5.41, 5.74) is 0.882. The predicted octanol–water partition coefficient (Wildman–Crippen LogP) is 1.84. The van der Waals surface area contributed by atoms with Gasteiger partial charge in [-0.3, -0.25) is 14.5 Å². The smallest absolute Gasteiger partial charge is 0.325 e. The van der Waals surface area contributed by atoms with Gasteiger partial charge >= 0.3 is 6.03 Å². The number of imide groups is 1. The van der Waals surface area contributed by atoms with Crippen LogP contribution >= 0.6 is 0 Å². The molecule has 7 heteroatoms. The Balaban J connectivity index is 1.42. The highest BCUT2D eigenvalue weighted by molar-refractivity contribution is 6.04. The van der Waals surface area contributed by atoms with Crippen molar-refractivity contribution in [1.82, 2.24) is 15.5 Å². The number of hydrogen-bond acceptors (Lipinski definition) is 4. The molecule has 1 aliphatic heterocycles. The number of benzene rings is 1. The summed E-state index contributed by atoms with van der Waals surface area (Å²) in [5, 5.41) is 5.44. The fraction of sp³-hybridized carbons (Fsp3) is 0.316. The van der Waals surface area contributed by atoms with E-state index in [1.54, 1.807) is 12.3 Å². The Morgan fingerprint density at radius 1 is 1.15 bits per heavy atom. The molecule has 2 heterocycles. The Bertz CT molecular complexity index is 758. The van der Waals surface area contributed by atoms with Crippen molar-refractivity contribution in [3.63, 3.8) is 0 Å². The minimum atomic E-state index is -0.651. The summed E-state index contributed by atoms with van der Waals surface area (Å²) in [7, 11) is 0. The van der Waals surface area contributed by atoms with Crippen LogP contribution in [0.3, 0.4) is 0 Å². The summed E-state index contributed by atoms with van der Waals surface area (Å²) < 4.78 is 5.19. The maximum Gasteiger partial charge on any atom is 0.325 e. The number of hydrogen-bond donors (Lipinski definition) is 2. The normalized spacial score (nSPS) is 16.6. The van der Waals surface area contributed by atoms with Gasteiger partial charge in [-0.2, -0.15) is 0 Å². The molecule has 2 N–H and O–H groups in total. The average Bonchev–Trinajstić information content (AvgIpc) is 3.25. The third-order valence-electron chi connectivity index (χ3n) is 4.22. The second-order valence-corrected chi connectivity index (χ2v) is 6.13. The Hall–Kier alpha value is -3.09. The summed E-state index contributed by atoms with van der Waals surface area (Å²) >= 11 is 0. The van der Waals surface area contributed by atoms with Crippen molar-refractivity contribution in [1.29, 1.82) is 0 Å². The summed E-state index contributed by atoms with van der Waals surface area (Å²) in [6.07, 6.45) is 2.66. The van der Waals surface area contributed by atoms with E-state index in [1.807, 2.05) is 36.4 Å². The van der Waals surface area contributed by atoms with Crippen molar-refractivity contribution in [2.45, 2.75) is 31.8 Å². The van der Waals surface area contributed by atoms with Crippen LogP contribution in [-0.2, 0) is 22.6 Å². The Kier molecular flexibility index (Phi) is 5.68. The number of urea groups is 1. The lowest BCUT2D eigenvalue weighted by Crippen LogP contribution is -2.33. The first-order valence-corrected chi connectivity index (χ1v) is 8.58. The van der Waals surface area contributed by atoms with Gasteiger partial charge < -0.3 is 15.1 Å². The first-order chi connectivity index (χ1) is 12.6. The van der Waals surface area contributed by atoms with Crippen LogP contribution in [0.1, 0.15) is 24.2 Å². The van der Waals surface area contributed by atoms with Crippen LogP contribution in [0.15, 0.2) is 53.1 Å². The fourth-order valence-electron chi connectivity index (χ4n) is 2.83. The molecular formula is C19H21N3O4. The molecule has 0 aliphatic carbocycles. The molecule has 1 fully saturated rings. The third-order valence-corrected chi connectivity index (χ3v) is 4.22. The minimum Gasteiger partial charge on any atom is -0.469 e. The molecule has 4 amide bonds. The van der Waals surface area contributed by atoms with E-state index in [-0.39, 0.29) is 31.2 Å². The van der Waals surface area contributed by atoms with Crippen molar-refractivity contribution in [2.75, 3.05) is 6.54 Å². The van der Waals surface area contributed by atoms with E-state index < -0.39 is 12.1 Å². The summed E-state index contributed by atoms with van der Waals surface area (Å²) in [6, 6.07) is 11.9. The molecule has 0 radical (unpaired) electrons. The first-order valence-electron chi connectivity index (χ1n) is 8.58. The molecule has 136 valence electrons. The zero-order valence-electron chi connectivity index (χ0n) is 14.3. The largest absolute Gasteiger partial charge is 0.469 e. The van der Waals surface area contributed by atoms with Gasteiger partial charge in [0.2, 0.25) is 5.91 Å². The molecule has 1 atom stereocenters. The predicted molar refractivity (Wildman–Crippen MR) is 94.0 cm³/mol. The molecular weight excluding hydrogens is 334 g/mol. The molecule has 1 aromatic heterocycles. The summed E-state index contributed by atoms with van der Waals surface area (Å²) in [6.45, 7) is 0.703. The third kappa shape index (κ3) is 4.50. The molecule has 0 saturated carbocycles.